The molecule has 1 aliphatic rings. The minimum Gasteiger partial charge on any atom is -0.493 e. The number of hydrogen-bond donors (Lipinski definition) is 0. The van der Waals surface area contributed by atoms with Gasteiger partial charge in [-0.3, -0.25) is 9.69 Å². The summed E-state index contributed by atoms with van der Waals surface area (Å²) in [6, 6.07) is 7.20. The smallest absolute Gasteiger partial charge is 0.414 e. The molecule has 1 fully saturated rings. The average Bonchev–Trinajstić information content (AvgIpc) is 2.88. The highest BCUT2D eigenvalue weighted by Crippen LogP contribution is 2.24. The molecule has 1 aliphatic heterocycles. The van der Waals surface area contributed by atoms with Crippen molar-refractivity contribution in [2.45, 2.75) is 32.5 Å². The van der Waals surface area contributed by atoms with E-state index in [4.69, 9.17) is 18.9 Å². The van der Waals surface area contributed by atoms with Crippen molar-refractivity contribution in [3.05, 3.63) is 24.3 Å². The highest BCUT2D eigenvalue weighted by molar-refractivity contribution is 5.89. The van der Waals surface area contributed by atoms with Gasteiger partial charge in [0.05, 0.1) is 19.8 Å². The van der Waals surface area contributed by atoms with Crippen LogP contribution in [0.5, 0.6) is 5.75 Å². The number of cyclic esters (lactones) is 1. The van der Waals surface area contributed by atoms with Gasteiger partial charge in [0.1, 0.15) is 18.0 Å². The standard InChI is InChI=1S/C17H23NO6/c1-12(23-13(2)19)8-9-22-15-6-4-14(5-7-15)18-10-16(11-21-3)24-17(18)20/h4-7,12,16H,8-11H2,1-3H3/t12-,16?/m1/s1. The molecule has 0 spiro atoms. The second kappa shape index (κ2) is 8.54. The van der Waals surface area contributed by atoms with Gasteiger partial charge in [-0.1, -0.05) is 0 Å². The van der Waals surface area contributed by atoms with Crippen molar-refractivity contribution in [1.29, 1.82) is 0 Å². The third kappa shape index (κ3) is 5.13. The van der Waals surface area contributed by atoms with E-state index in [2.05, 4.69) is 0 Å². The van der Waals surface area contributed by atoms with E-state index in [1.165, 1.54) is 6.92 Å². The largest absolute Gasteiger partial charge is 0.493 e. The Morgan fingerprint density at radius 3 is 2.71 bits per heavy atom. The van der Waals surface area contributed by atoms with E-state index >= 15 is 0 Å². The number of amides is 1. The normalized spacial score (nSPS) is 18.2. The molecular formula is C17H23NO6. The van der Waals surface area contributed by atoms with Crippen LogP contribution in [0, 0.1) is 0 Å². The molecule has 1 aromatic rings. The summed E-state index contributed by atoms with van der Waals surface area (Å²) >= 11 is 0. The van der Waals surface area contributed by atoms with Gasteiger partial charge in [0.2, 0.25) is 0 Å². The number of nitrogens with zero attached hydrogens (tertiary/aromatic N) is 1. The van der Waals surface area contributed by atoms with Gasteiger partial charge in [0.25, 0.3) is 0 Å². The third-order valence-electron chi connectivity index (χ3n) is 3.54. The lowest BCUT2D eigenvalue weighted by Gasteiger charge is -2.15. The topological polar surface area (TPSA) is 74.3 Å². The summed E-state index contributed by atoms with van der Waals surface area (Å²) in [4.78, 5) is 24.2. The van der Waals surface area contributed by atoms with Gasteiger partial charge in [-0.05, 0) is 31.2 Å². The van der Waals surface area contributed by atoms with Crippen LogP contribution in [-0.2, 0) is 19.0 Å². The van der Waals surface area contributed by atoms with Gasteiger partial charge in [-0.15, -0.1) is 0 Å². The Bertz CT molecular complexity index is 559. The molecule has 1 aromatic carbocycles. The number of rotatable bonds is 8. The Hall–Kier alpha value is -2.28. The summed E-state index contributed by atoms with van der Waals surface area (Å²) in [7, 11) is 1.57. The lowest BCUT2D eigenvalue weighted by Crippen LogP contribution is -2.25. The van der Waals surface area contributed by atoms with Crippen molar-refractivity contribution in [2.75, 3.05) is 31.8 Å². The van der Waals surface area contributed by atoms with E-state index in [1.807, 2.05) is 6.92 Å². The molecule has 7 nitrogen and oxygen atoms in total. The Labute approximate surface area is 141 Å². The zero-order valence-corrected chi connectivity index (χ0v) is 14.2. The van der Waals surface area contributed by atoms with E-state index in [0.717, 1.165) is 5.69 Å². The molecular weight excluding hydrogens is 314 g/mol. The molecule has 0 aliphatic carbocycles. The Kier molecular flexibility index (Phi) is 6.43. The molecule has 0 saturated carbocycles. The van der Waals surface area contributed by atoms with Gasteiger partial charge in [0.15, 0.2) is 0 Å². The first-order valence-electron chi connectivity index (χ1n) is 7.86. The number of methoxy groups -OCH3 is 1. The van der Waals surface area contributed by atoms with Crippen LogP contribution in [0.2, 0.25) is 0 Å². The number of carbonyl (C=O) groups is 2. The first-order chi connectivity index (χ1) is 11.5. The number of anilines is 1. The molecule has 1 heterocycles. The molecule has 0 aromatic heterocycles. The number of ether oxygens (including phenoxy) is 4. The SMILES string of the molecule is COCC1CN(c2ccc(OCC[C@@H](C)OC(C)=O)cc2)C(=O)O1. The zero-order chi connectivity index (χ0) is 17.5. The van der Waals surface area contributed by atoms with Crippen molar-refractivity contribution in [1.82, 2.24) is 0 Å². The maximum atomic E-state index is 11.9. The van der Waals surface area contributed by atoms with Gasteiger partial charge in [0, 0.05) is 26.1 Å². The average molecular weight is 337 g/mol. The fraction of sp³-hybridized carbons (Fsp3) is 0.529. The third-order valence-corrected chi connectivity index (χ3v) is 3.54. The highest BCUT2D eigenvalue weighted by atomic mass is 16.6. The lowest BCUT2D eigenvalue weighted by molar-refractivity contribution is -0.145. The van der Waals surface area contributed by atoms with Crippen molar-refractivity contribution >= 4 is 17.7 Å². The van der Waals surface area contributed by atoms with E-state index in [1.54, 1.807) is 36.3 Å². The molecule has 132 valence electrons. The summed E-state index contributed by atoms with van der Waals surface area (Å²) in [5.74, 6) is 0.394. The maximum absolute atomic E-state index is 11.9. The zero-order valence-electron chi connectivity index (χ0n) is 14.2. The minimum absolute atomic E-state index is 0.182. The number of hydrogen-bond acceptors (Lipinski definition) is 6. The molecule has 1 saturated heterocycles. The summed E-state index contributed by atoms with van der Waals surface area (Å²) in [5, 5.41) is 0. The fourth-order valence-corrected chi connectivity index (χ4v) is 2.41. The molecule has 24 heavy (non-hydrogen) atoms. The van der Waals surface area contributed by atoms with Crippen LogP contribution in [0.3, 0.4) is 0 Å². The second-order valence-corrected chi connectivity index (χ2v) is 5.62. The fourth-order valence-electron chi connectivity index (χ4n) is 2.41. The molecule has 1 amide bonds. The van der Waals surface area contributed by atoms with Gasteiger partial charge >= 0.3 is 12.1 Å². The monoisotopic (exact) mass is 337 g/mol. The number of benzene rings is 1. The molecule has 1 unspecified atom stereocenters. The van der Waals surface area contributed by atoms with Gasteiger partial charge in [-0.2, -0.15) is 0 Å². The van der Waals surface area contributed by atoms with Gasteiger partial charge in [-0.25, -0.2) is 4.79 Å². The van der Waals surface area contributed by atoms with Crippen LogP contribution in [-0.4, -0.2) is 51.1 Å². The van der Waals surface area contributed by atoms with E-state index in [-0.39, 0.29) is 24.3 Å². The Morgan fingerprint density at radius 2 is 2.08 bits per heavy atom. The second-order valence-electron chi connectivity index (χ2n) is 5.62. The molecule has 7 heteroatoms. The van der Waals surface area contributed by atoms with Crippen molar-refractivity contribution in [3.8, 4) is 5.75 Å². The van der Waals surface area contributed by atoms with E-state index in [0.29, 0.717) is 31.9 Å². The molecule has 0 N–H and O–H groups in total. The van der Waals surface area contributed by atoms with Gasteiger partial charge < -0.3 is 18.9 Å². The first-order valence-corrected chi connectivity index (χ1v) is 7.86. The highest BCUT2D eigenvalue weighted by Gasteiger charge is 2.32. The predicted octanol–water partition coefficient (Wildman–Crippen LogP) is 2.38. The van der Waals surface area contributed by atoms with Crippen molar-refractivity contribution in [3.63, 3.8) is 0 Å². The van der Waals surface area contributed by atoms with E-state index < -0.39 is 0 Å². The van der Waals surface area contributed by atoms with Crippen molar-refractivity contribution < 1.29 is 28.5 Å². The van der Waals surface area contributed by atoms with Crippen LogP contribution >= 0.6 is 0 Å². The van der Waals surface area contributed by atoms with Crippen LogP contribution in [0.25, 0.3) is 0 Å². The number of carbonyl (C=O) groups excluding carboxylic acids is 2. The molecule has 2 rings (SSSR count). The number of esters is 1. The summed E-state index contributed by atoms with van der Waals surface area (Å²) < 4.78 is 20.9. The predicted molar refractivity (Wildman–Crippen MR) is 87.3 cm³/mol. The van der Waals surface area contributed by atoms with Crippen LogP contribution < -0.4 is 9.64 Å². The Balaban J connectivity index is 1.82. The van der Waals surface area contributed by atoms with Crippen molar-refractivity contribution in [2.24, 2.45) is 0 Å². The van der Waals surface area contributed by atoms with E-state index in [9.17, 15) is 9.59 Å². The van der Waals surface area contributed by atoms with Crippen LogP contribution in [0.4, 0.5) is 10.5 Å². The lowest BCUT2D eigenvalue weighted by atomic mass is 10.2. The first kappa shape index (κ1) is 18.1. The summed E-state index contributed by atoms with van der Waals surface area (Å²) in [6.07, 6.45) is -0.195. The Morgan fingerprint density at radius 1 is 1.38 bits per heavy atom. The quantitative estimate of drug-likeness (QED) is 0.678. The van der Waals surface area contributed by atoms with Crippen LogP contribution in [0.1, 0.15) is 20.3 Å². The molecule has 0 radical (unpaired) electrons. The van der Waals surface area contributed by atoms with Crippen LogP contribution in [0.15, 0.2) is 24.3 Å². The molecule has 2 atom stereocenters. The minimum atomic E-state index is -0.374. The summed E-state index contributed by atoms with van der Waals surface area (Å²) in [6.45, 7) is 4.49. The maximum Gasteiger partial charge on any atom is 0.414 e. The molecule has 0 bridgehead atoms. The summed E-state index contributed by atoms with van der Waals surface area (Å²) in [5.41, 5.74) is 0.749.